The average Bonchev–Trinajstić information content (AvgIpc) is 2.66. The predicted octanol–water partition coefficient (Wildman–Crippen LogP) is 1.00. The second-order valence-electron chi connectivity index (χ2n) is 6.18. The Hall–Kier alpha value is -2.46. The smallest absolute Gasteiger partial charge is 0.339 e. The highest BCUT2D eigenvalue weighted by Gasteiger charge is 2.14. The highest BCUT2D eigenvalue weighted by molar-refractivity contribution is 7.89. The summed E-state index contributed by atoms with van der Waals surface area (Å²) in [5, 5.41) is 21.9. The molecule has 0 aliphatic heterocycles. The third-order valence-electron chi connectivity index (χ3n) is 3.85. The van der Waals surface area contributed by atoms with Gasteiger partial charge in [-0.3, -0.25) is 0 Å². The summed E-state index contributed by atoms with van der Waals surface area (Å²) in [6, 6.07) is 12.7. The van der Waals surface area contributed by atoms with E-state index >= 15 is 0 Å². The Bertz CT molecular complexity index is 884. The Balaban J connectivity index is 1.69. The number of aliphatic hydroxyl groups is 1. The molecule has 0 aliphatic carbocycles. The van der Waals surface area contributed by atoms with Crippen LogP contribution in [0, 0.1) is 6.92 Å². The van der Waals surface area contributed by atoms with Gasteiger partial charge in [0, 0.05) is 19.6 Å². The molecule has 152 valence electrons. The van der Waals surface area contributed by atoms with E-state index in [9.17, 15) is 18.3 Å². The number of carboxylic acid groups (broad SMARTS) is 1. The maximum absolute atomic E-state index is 12.1. The molecular weight excluding hydrogens is 384 g/mol. The van der Waals surface area contributed by atoms with Crippen LogP contribution in [0.2, 0.25) is 0 Å². The fourth-order valence-electron chi connectivity index (χ4n) is 2.36. The van der Waals surface area contributed by atoms with Gasteiger partial charge in [0.1, 0.15) is 24.0 Å². The molecule has 0 amide bonds. The highest BCUT2D eigenvalue weighted by atomic mass is 32.2. The molecule has 0 aromatic heterocycles. The molecule has 1 unspecified atom stereocenters. The number of aliphatic hydroxyl groups excluding tert-OH is 1. The zero-order valence-electron chi connectivity index (χ0n) is 15.5. The standard InChI is InChI=1S/C19H24N2O6S/c1-14-6-8-16(9-7-14)28(25,26)21-11-10-20-12-15(22)13-27-18-5-3-2-4-17(18)19(23)24/h2-9,15,20-22H,10-13H2,1H3,(H,23,24). The van der Waals surface area contributed by atoms with E-state index in [-0.39, 0.29) is 35.9 Å². The van der Waals surface area contributed by atoms with Gasteiger partial charge in [0.15, 0.2) is 0 Å². The lowest BCUT2D eigenvalue weighted by Crippen LogP contribution is -2.37. The zero-order valence-corrected chi connectivity index (χ0v) is 16.3. The molecule has 0 spiro atoms. The van der Waals surface area contributed by atoms with Crippen molar-refractivity contribution in [2.75, 3.05) is 26.2 Å². The number of hydrogen-bond acceptors (Lipinski definition) is 6. The molecule has 1 atom stereocenters. The first-order chi connectivity index (χ1) is 13.3. The van der Waals surface area contributed by atoms with Gasteiger partial charge in [0.25, 0.3) is 0 Å². The average molecular weight is 408 g/mol. The van der Waals surface area contributed by atoms with Gasteiger partial charge in [-0.2, -0.15) is 0 Å². The second-order valence-corrected chi connectivity index (χ2v) is 7.95. The summed E-state index contributed by atoms with van der Waals surface area (Å²) in [5.41, 5.74) is 0.996. The van der Waals surface area contributed by atoms with Gasteiger partial charge in [-0.1, -0.05) is 29.8 Å². The maximum Gasteiger partial charge on any atom is 0.339 e. The van der Waals surface area contributed by atoms with Crippen molar-refractivity contribution >= 4 is 16.0 Å². The number of para-hydroxylation sites is 1. The summed E-state index contributed by atoms with van der Waals surface area (Å²) in [4.78, 5) is 11.3. The Morgan fingerprint density at radius 2 is 1.79 bits per heavy atom. The number of aromatic carboxylic acids is 1. The SMILES string of the molecule is Cc1ccc(S(=O)(=O)NCCNCC(O)COc2ccccc2C(=O)O)cc1. The quantitative estimate of drug-likeness (QED) is 0.409. The first-order valence-corrected chi connectivity index (χ1v) is 10.2. The Morgan fingerprint density at radius 3 is 2.46 bits per heavy atom. The third-order valence-corrected chi connectivity index (χ3v) is 5.33. The maximum atomic E-state index is 12.1. The van der Waals surface area contributed by atoms with Crippen molar-refractivity contribution in [1.82, 2.24) is 10.0 Å². The van der Waals surface area contributed by atoms with Crippen molar-refractivity contribution in [1.29, 1.82) is 0 Å². The van der Waals surface area contributed by atoms with E-state index in [1.165, 1.54) is 12.1 Å². The van der Waals surface area contributed by atoms with Crippen LogP contribution in [0.1, 0.15) is 15.9 Å². The third kappa shape index (κ3) is 6.61. The lowest BCUT2D eigenvalue weighted by atomic mass is 10.2. The summed E-state index contributed by atoms with van der Waals surface area (Å²) in [7, 11) is -3.57. The summed E-state index contributed by atoms with van der Waals surface area (Å²) in [5.74, 6) is -0.927. The summed E-state index contributed by atoms with van der Waals surface area (Å²) >= 11 is 0. The molecule has 8 nitrogen and oxygen atoms in total. The molecule has 0 aliphatic rings. The van der Waals surface area contributed by atoms with Crippen LogP contribution in [0.15, 0.2) is 53.4 Å². The van der Waals surface area contributed by atoms with Crippen LogP contribution >= 0.6 is 0 Å². The molecule has 0 radical (unpaired) electrons. The van der Waals surface area contributed by atoms with E-state index < -0.39 is 22.1 Å². The molecule has 28 heavy (non-hydrogen) atoms. The molecule has 0 saturated heterocycles. The van der Waals surface area contributed by atoms with Crippen LogP contribution in [0.5, 0.6) is 5.75 Å². The number of benzene rings is 2. The van der Waals surface area contributed by atoms with E-state index in [4.69, 9.17) is 9.84 Å². The van der Waals surface area contributed by atoms with Gasteiger partial charge in [-0.05, 0) is 31.2 Å². The number of carbonyl (C=O) groups is 1. The van der Waals surface area contributed by atoms with Crippen LogP contribution in [0.25, 0.3) is 0 Å². The van der Waals surface area contributed by atoms with Crippen LogP contribution in [-0.2, 0) is 10.0 Å². The van der Waals surface area contributed by atoms with Crippen molar-refractivity contribution in [2.24, 2.45) is 0 Å². The molecule has 9 heteroatoms. The van der Waals surface area contributed by atoms with E-state index in [0.717, 1.165) is 5.56 Å². The van der Waals surface area contributed by atoms with E-state index in [0.29, 0.717) is 6.54 Å². The molecule has 0 saturated carbocycles. The summed E-state index contributed by atoms with van der Waals surface area (Å²) in [6.07, 6.45) is -0.879. The number of hydrogen-bond donors (Lipinski definition) is 4. The Kier molecular flexibility index (Phi) is 7.94. The van der Waals surface area contributed by atoms with Crippen molar-refractivity contribution in [2.45, 2.75) is 17.9 Å². The van der Waals surface area contributed by atoms with Crippen molar-refractivity contribution in [3.63, 3.8) is 0 Å². The van der Waals surface area contributed by atoms with E-state index in [2.05, 4.69) is 10.0 Å². The summed E-state index contributed by atoms with van der Waals surface area (Å²) in [6.45, 7) is 2.43. The van der Waals surface area contributed by atoms with Crippen LogP contribution in [-0.4, -0.2) is 56.9 Å². The molecular formula is C19H24N2O6S. The molecule has 4 N–H and O–H groups in total. The number of ether oxygens (including phenoxy) is 1. The molecule has 0 bridgehead atoms. The van der Waals surface area contributed by atoms with Gasteiger partial charge in [-0.25, -0.2) is 17.9 Å². The fourth-order valence-corrected chi connectivity index (χ4v) is 3.39. The first-order valence-electron chi connectivity index (χ1n) is 8.70. The van der Waals surface area contributed by atoms with Gasteiger partial charge in [0.05, 0.1) is 4.90 Å². The predicted molar refractivity (Wildman–Crippen MR) is 104 cm³/mol. The van der Waals surface area contributed by atoms with Crippen LogP contribution in [0.4, 0.5) is 0 Å². The Morgan fingerprint density at radius 1 is 1.11 bits per heavy atom. The van der Waals surface area contributed by atoms with Gasteiger partial charge < -0.3 is 20.3 Å². The number of carboxylic acids is 1. The monoisotopic (exact) mass is 408 g/mol. The molecule has 2 aromatic rings. The number of nitrogens with one attached hydrogen (secondary N) is 2. The molecule has 2 aromatic carbocycles. The lowest BCUT2D eigenvalue weighted by molar-refractivity contribution is 0.0683. The Labute approximate surface area is 164 Å². The minimum absolute atomic E-state index is 0.0215. The first kappa shape index (κ1) is 21.8. The molecule has 0 fully saturated rings. The minimum Gasteiger partial charge on any atom is -0.490 e. The minimum atomic E-state index is -3.57. The lowest BCUT2D eigenvalue weighted by Gasteiger charge is -2.14. The molecule has 2 rings (SSSR count). The normalized spacial score (nSPS) is 12.5. The molecule has 0 heterocycles. The van der Waals surface area contributed by atoms with E-state index in [1.54, 1.807) is 36.4 Å². The van der Waals surface area contributed by atoms with Crippen molar-refractivity contribution < 1.29 is 28.2 Å². The largest absolute Gasteiger partial charge is 0.490 e. The van der Waals surface area contributed by atoms with Crippen LogP contribution in [0.3, 0.4) is 0 Å². The topological polar surface area (TPSA) is 125 Å². The highest BCUT2D eigenvalue weighted by Crippen LogP contribution is 2.17. The van der Waals surface area contributed by atoms with Gasteiger partial charge >= 0.3 is 5.97 Å². The fraction of sp³-hybridized carbons (Fsp3) is 0.316. The van der Waals surface area contributed by atoms with Crippen molar-refractivity contribution in [3.8, 4) is 5.75 Å². The number of aryl methyl sites for hydroxylation is 1. The van der Waals surface area contributed by atoms with Gasteiger partial charge in [-0.15, -0.1) is 0 Å². The van der Waals surface area contributed by atoms with Gasteiger partial charge in [0.2, 0.25) is 10.0 Å². The van der Waals surface area contributed by atoms with Crippen LogP contribution < -0.4 is 14.8 Å². The van der Waals surface area contributed by atoms with Crippen molar-refractivity contribution in [3.05, 3.63) is 59.7 Å². The second kappa shape index (κ2) is 10.2. The zero-order chi connectivity index (χ0) is 20.6. The summed E-state index contributed by atoms with van der Waals surface area (Å²) < 4.78 is 32.1. The van der Waals surface area contributed by atoms with E-state index in [1.807, 2.05) is 6.92 Å². The number of sulfonamides is 1. The number of rotatable bonds is 11.